The van der Waals surface area contributed by atoms with Crippen molar-refractivity contribution in [1.82, 2.24) is 0 Å². The summed E-state index contributed by atoms with van der Waals surface area (Å²) in [6.07, 6.45) is 12.6. The Kier molecular flexibility index (Phi) is 6.41. The zero-order chi connectivity index (χ0) is 15.1. The molecule has 1 N–H and O–H groups in total. The SMILES string of the molecule is CC1(C(=O)O)CCCCC1.CC1(N=C=O)CCCCC1. The van der Waals surface area contributed by atoms with Crippen molar-refractivity contribution >= 4 is 12.0 Å². The van der Waals surface area contributed by atoms with E-state index < -0.39 is 11.4 Å². The van der Waals surface area contributed by atoms with Gasteiger partial charge in [0, 0.05) is 0 Å². The van der Waals surface area contributed by atoms with E-state index in [1.807, 2.05) is 13.8 Å². The lowest BCUT2D eigenvalue weighted by Gasteiger charge is -2.28. The Bertz CT molecular complexity index is 338. The lowest BCUT2D eigenvalue weighted by atomic mass is 9.76. The molecule has 0 unspecified atom stereocenters. The van der Waals surface area contributed by atoms with Crippen LogP contribution in [0.25, 0.3) is 0 Å². The topological polar surface area (TPSA) is 66.7 Å². The van der Waals surface area contributed by atoms with Crippen molar-refractivity contribution in [3.63, 3.8) is 0 Å². The molecule has 114 valence electrons. The highest BCUT2D eigenvalue weighted by atomic mass is 16.4. The minimum atomic E-state index is -0.618. The fraction of sp³-hybridized carbons (Fsp3) is 0.875. The van der Waals surface area contributed by atoms with Crippen LogP contribution in [0, 0.1) is 5.41 Å². The standard InChI is InChI=1S/C8H13NO.C8H14O2/c1-8(9-7-10)5-3-2-4-6-8;1-8(7(9)10)5-3-2-4-6-8/h2-6H2,1H3;2-6H2,1H3,(H,9,10). The number of nitrogens with zero attached hydrogens (tertiary/aromatic N) is 1. The van der Waals surface area contributed by atoms with Gasteiger partial charge in [-0.25, -0.2) is 4.79 Å². The lowest BCUT2D eigenvalue weighted by Crippen LogP contribution is -2.29. The maximum Gasteiger partial charge on any atom is 0.309 e. The smallest absolute Gasteiger partial charge is 0.309 e. The van der Waals surface area contributed by atoms with Crippen LogP contribution in [0.4, 0.5) is 0 Å². The largest absolute Gasteiger partial charge is 0.481 e. The van der Waals surface area contributed by atoms with Crippen molar-refractivity contribution in [2.45, 2.75) is 83.6 Å². The predicted octanol–water partition coefficient (Wildman–Crippen LogP) is 4.09. The Morgan fingerprint density at radius 1 is 0.950 bits per heavy atom. The number of isocyanates is 1. The quantitative estimate of drug-likeness (QED) is 0.612. The van der Waals surface area contributed by atoms with Gasteiger partial charge < -0.3 is 5.11 Å². The molecule has 0 spiro atoms. The minimum absolute atomic E-state index is 0.0694. The summed E-state index contributed by atoms with van der Waals surface area (Å²) in [5.74, 6) is -0.618. The van der Waals surface area contributed by atoms with E-state index in [2.05, 4.69) is 4.99 Å². The number of carbonyl (C=O) groups excluding carboxylic acids is 1. The Labute approximate surface area is 121 Å². The monoisotopic (exact) mass is 281 g/mol. The molecule has 0 bridgehead atoms. The van der Waals surface area contributed by atoms with Crippen molar-refractivity contribution in [2.24, 2.45) is 10.4 Å². The van der Waals surface area contributed by atoms with Gasteiger partial charge >= 0.3 is 5.97 Å². The van der Waals surface area contributed by atoms with E-state index in [-0.39, 0.29) is 5.54 Å². The van der Waals surface area contributed by atoms with Gasteiger partial charge in [0.15, 0.2) is 0 Å². The van der Waals surface area contributed by atoms with Gasteiger partial charge in [-0.1, -0.05) is 38.5 Å². The lowest BCUT2D eigenvalue weighted by molar-refractivity contribution is -0.149. The van der Waals surface area contributed by atoms with E-state index in [0.717, 1.165) is 38.5 Å². The Morgan fingerprint density at radius 3 is 1.75 bits per heavy atom. The van der Waals surface area contributed by atoms with Gasteiger partial charge in [0.05, 0.1) is 11.0 Å². The number of carbonyl (C=O) groups is 1. The van der Waals surface area contributed by atoms with Crippen LogP contribution in [0.3, 0.4) is 0 Å². The highest BCUT2D eigenvalue weighted by molar-refractivity contribution is 5.74. The molecule has 20 heavy (non-hydrogen) atoms. The zero-order valence-corrected chi connectivity index (χ0v) is 12.8. The van der Waals surface area contributed by atoms with E-state index in [0.29, 0.717) is 0 Å². The van der Waals surface area contributed by atoms with Crippen LogP contribution in [0.15, 0.2) is 4.99 Å². The minimum Gasteiger partial charge on any atom is -0.481 e. The molecule has 4 nitrogen and oxygen atoms in total. The normalized spacial score (nSPS) is 23.7. The molecule has 2 rings (SSSR count). The van der Waals surface area contributed by atoms with Crippen molar-refractivity contribution in [3.05, 3.63) is 0 Å². The van der Waals surface area contributed by atoms with Crippen molar-refractivity contribution < 1.29 is 14.7 Å². The molecule has 4 heteroatoms. The number of hydrogen-bond acceptors (Lipinski definition) is 3. The van der Waals surface area contributed by atoms with Crippen LogP contribution >= 0.6 is 0 Å². The molecule has 0 aromatic rings. The van der Waals surface area contributed by atoms with Crippen LogP contribution in [-0.4, -0.2) is 22.7 Å². The highest BCUT2D eigenvalue weighted by Crippen LogP contribution is 2.35. The van der Waals surface area contributed by atoms with Crippen molar-refractivity contribution in [1.29, 1.82) is 0 Å². The van der Waals surface area contributed by atoms with E-state index in [1.54, 1.807) is 6.08 Å². The molecular formula is C16H27NO3. The summed E-state index contributed by atoms with van der Waals surface area (Å²) >= 11 is 0. The molecule has 0 atom stereocenters. The van der Waals surface area contributed by atoms with E-state index in [9.17, 15) is 9.59 Å². The second-order valence-corrected chi connectivity index (χ2v) is 6.69. The molecule has 0 aromatic carbocycles. The Hall–Kier alpha value is -1.15. The van der Waals surface area contributed by atoms with E-state index >= 15 is 0 Å². The van der Waals surface area contributed by atoms with E-state index in [4.69, 9.17) is 5.11 Å². The number of carboxylic acids is 1. The Balaban J connectivity index is 0.000000200. The summed E-state index contributed by atoms with van der Waals surface area (Å²) in [5, 5.41) is 8.80. The third kappa shape index (κ3) is 5.09. The highest BCUT2D eigenvalue weighted by Gasteiger charge is 2.33. The molecule has 2 fully saturated rings. The maximum atomic E-state index is 10.7. The number of aliphatic carboxylic acids is 1. The number of carboxylic acid groups (broad SMARTS) is 1. The molecule has 0 amide bonds. The number of rotatable bonds is 2. The van der Waals surface area contributed by atoms with Crippen LogP contribution in [-0.2, 0) is 9.59 Å². The second-order valence-electron chi connectivity index (χ2n) is 6.69. The van der Waals surface area contributed by atoms with Crippen LogP contribution < -0.4 is 0 Å². The Morgan fingerprint density at radius 2 is 1.40 bits per heavy atom. The molecular weight excluding hydrogens is 254 g/mol. The van der Waals surface area contributed by atoms with Crippen molar-refractivity contribution in [3.8, 4) is 0 Å². The van der Waals surface area contributed by atoms with Crippen LogP contribution in [0.1, 0.15) is 78.1 Å². The molecule has 2 aliphatic carbocycles. The second kappa shape index (κ2) is 7.58. The number of hydrogen-bond donors (Lipinski definition) is 1. The fourth-order valence-corrected chi connectivity index (χ4v) is 3.08. The summed E-state index contributed by atoms with van der Waals surface area (Å²) in [6, 6.07) is 0. The summed E-state index contributed by atoms with van der Waals surface area (Å²) < 4.78 is 0. The van der Waals surface area contributed by atoms with E-state index in [1.165, 1.54) is 25.7 Å². The summed E-state index contributed by atoms with van der Waals surface area (Å²) in [7, 11) is 0. The first-order valence-electron chi connectivity index (χ1n) is 7.74. The summed E-state index contributed by atoms with van der Waals surface area (Å²) in [6.45, 7) is 3.89. The molecule has 0 saturated heterocycles. The summed E-state index contributed by atoms with van der Waals surface area (Å²) in [5.41, 5.74) is -0.474. The predicted molar refractivity (Wildman–Crippen MR) is 78.4 cm³/mol. The number of aliphatic imine (C=N–C) groups is 1. The first-order chi connectivity index (χ1) is 9.42. The average Bonchev–Trinajstić information content (AvgIpc) is 2.41. The molecule has 0 aliphatic heterocycles. The van der Waals surface area contributed by atoms with Crippen LogP contribution in [0.5, 0.6) is 0 Å². The third-order valence-electron chi connectivity index (χ3n) is 4.72. The first kappa shape index (κ1) is 16.9. The van der Waals surface area contributed by atoms with Gasteiger partial charge in [0.25, 0.3) is 0 Å². The van der Waals surface area contributed by atoms with Gasteiger partial charge in [0.1, 0.15) is 0 Å². The third-order valence-corrected chi connectivity index (χ3v) is 4.72. The average molecular weight is 281 g/mol. The van der Waals surface area contributed by atoms with Crippen molar-refractivity contribution in [2.75, 3.05) is 0 Å². The molecule has 2 aliphatic rings. The zero-order valence-electron chi connectivity index (χ0n) is 12.8. The molecule has 0 aromatic heterocycles. The summed E-state index contributed by atoms with van der Waals surface area (Å²) in [4.78, 5) is 24.5. The first-order valence-corrected chi connectivity index (χ1v) is 7.74. The van der Waals surface area contributed by atoms with Gasteiger partial charge in [-0.2, -0.15) is 4.99 Å². The maximum absolute atomic E-state index is 10.7. The molecule has 0 radical (unpaired) electrons. The molecule has 0 heterocycles. The van der Waals surface area contributed by atoms with Gasteiger partial charge in [-0.05, 0) is 39.5 Å². The fourth-order valence-electron chi connectivity index (χ4n) is 3.08. The van der Waals surface area contributed by atoms with Gasteiger partial charge in [0.2, 0.25) is 6.08 Å². The van der Waals surface area contributed by atoms with Crippen LogP contribution in [0.2, 0.25) is 0 Å². The molecule has 2 saturated carbocycles. The van der Waals surface area contributed by atoms with Gasteiger partial charge in [-0.3, -0.25) is 4.79 Å². The van der Waals surface area contributed by atoms with Gasteiger partial charge in [-0.15, -0.1) is 0 Å².